The maximum absolute atomic E-state index is 5.98. The van der Waals surface area contributed by atoms with E-state index in [2.05, 4.69) is 19.8 Å². The topological polar surface area (TPSA) is 73.1 Å². The Morgan fingerprint density at radius 1 is 1.38 bits per heavy atom. The highest BCUT2D eigenvalue weighted by atomic mass is 32.1. The third-order valence-corrected chi connectivity index (χ3v) is 4.93. The lowest BCUT2D eigenvalue weighted by molar-refractivity contribution is -0.0469. The zero-order valence-electron chi connectivity index (χ0n) is 12.6. The zero-order valence-corrected chi connectivity index (χ0v) is 13.4. The average molecular weight is 308 g/mol. The molecule has 0 aromatic carbocycles. The van der Waals surface area contributed by atoms with Crippen LogP contribution in [-0.2, 0) is 10.3 Å². The predicted octanol–water partition coefficient (Wildman–Crippen LogP) is 3.35. The molecule has 1 fully saturated rings. The molecular weight excluding hydrogens is 288 g/mol. The normalized spacial score (nSPS) is 17.3. The molecule has 3 rings (SSSR count). The predicted molar refractivity (Wildman–Crippen MR) is 81.5 cm³/mol. The van der Waals surface area contributed by atoms with Gasteiger partial charge in [0, 0.05) is 13.7 Å². The van der Waals surface area contributed by atoms with Gasteiger partial charge >= 0.3 is 0 Å². The minimum absolute atomic E-state index is 0.367. The maximum Gasteiger partial charge on any atom is 0.262 e. The Morgan fingerprint density at radius 3 is 2.81 bits per heavy atom. The quantitative estimate of drug-likeness (QED) is 0.913. The first kappa shape index (κ1) is 14.5. The molecule has 0 amide bonds. The molecule has 7 heteroatoms. The Bertz CT molecular complexity index is 616. The Balaban J connectivity index is 1.97. The summed E-state index contributed by atoms with van der Waals surface area (Å²) in [6, 6.07) is 0. The first-order valence-electron chi connectivity index (χ1n) is 7.32. The van der Waals surface area contributed by atoms with Crippen molar-refractivity contribution >= 4 is 16.5 Å². The second kappa shape index (κ2) is 5.73. The molecule has 2 heterocycles. The Hall–Kier alpha value is -1.47. The molecule has 0 saturated heterocycles. The SMILES string of the molecule is CCOC1(c2noc(-c3c(C)nsc3NC)n2)CCCC1. The van der Waals surface area contributed by atoms with Crippen molar-refractivity contribution in [1.82, 2.24) is 14.5 Å². The molecule has 6 nitrogen and oxygen atoms in total. The van der Waals surface area contributed by atoms with E-state index in [1.807, 2.05) is 20.9 Å². The standard InChI is InChI=1S/C14H20N4O2S/c1-4-19-14(7-5-6-8-14)13-16-11(20-17-13)10-9(2)18-21-12(10)15-3/h15H,4-8H2,1-3H3. The van der Waals surface area contributed by atoms with Crippen molar-refractivity contribution in [1.29, 1.82) is 0 Å². The molecule has 0 unspecified atom stereocenters. The van der Waals surface area contributed by atoms with Crippen LogP contribution in [0.5, 0.6) is 0 Å². The van der Waals surface area contributed by atoms with E-state index in [0.29, 0.717) is 18.3 Å². The number of ether oxygens (including phenoxy) is 1. The molecular formula is C14H20N4O2S. The molecule has 0 aliphatic heterocycles. The van der Waals surface area contributed by atoms with Crippen molar-refractivity contribution < 1.29 is 9.26 Å². The molecule has 1 aliphatic rings. The lowest BCUT2D eigenvalue weighted by atomic mass is 10.0. The summed E-state index contributed by atoms with van der Waals surface area (Å²) in [5.41, 5.74) is 1.43. The third-order valence-electron chi connectivity index (χ3n) is 3.97. The summed E-state index contributed by atoms with van der Waals surface area (Å²) in [5, 5.41) is 8.27. The molecule has 1 aliphatic carbocycles. The van der Waals surface area contributed by atoms with Gasteiger partial charge in [-0.25, -0.2) is 0 Å². The molecule has 2 aromatic heterocycles. The first-order valence-corrected chi connectivity index (χ1v) is 8.10. The molecule has 0 bridgehead atoms. The van der Waals surface area contributed by atoms with Crippen LogP contribution in [0.4, 0.5) is 5.00 Å². The van der Waals surface area contributed by atoms with Crippen molar-refractivity contribution in [2.24, 2.45) is 0 Å². The minimum atomic E-state index is -0.367. The van der Waals surface area contributed by atoms with E-state index in [0.717, 1.165) is 41.9 Å². The molecule has 114 valence electrons. The zero-order chi connectivity index (χ0) is 14.9. The molecule has 2 aromatic rings. The van der Waals surface area contributed by atoms with Gasteiger partial charge in [0.25, 0.3) is 5.89 Å². The Labute approximate surface area is 128 Å². The molecule has 0 atom stereocenters. The van der Waals surface area contributed by atoms with Gasteiger partial charge in [-0.15, -0.1) is 0 Å². The van der Waals surface area contributed by atoms with Gasteiger partial charge in [-0.2, -0.15) is 9.36 Å². The van der Waals surface area contributed by atoms with Gasteiger partial charge in [-0.05, 0) is 51.1 Å². The summed E-state index contributed by atoms with van der Waals surface area (Å²) in [5.74, 6) is 1.19. The van der Waals surface area contributed by atoms with Gasteiger partial charge in [-0.1, -0.05) is 5.16 Å². The number of hydrogen-bond donors (Lipinski definition) is 1. The molecule has 21 heavy (non-hydrogen) atoms. The number of aryl methyl sites for hydroxylation is 1. The summed E-state index contributed by atoms with van der Waals surface area (Å²) >= 11 is 1.40. The fourth-order valence-electron chi connectivity index (χ4n) is 2.96. The van der Waals surface area contributed by atoms with Crippen LogP contribution in [0.1, 0.15) is 44.1 Å². The molecule has 0 radical (unpaired) electrons. The summed E-state index contributed by atoms with van der Waals surface area (Å²) in [6.07, 6.45) is 4.20. The van der Waals surface area contributed by atoms with Gasteiger partial charge in [0.1, 0.15) is 10.6 Å². The summed E-state index contributed by atoms with van der Waals surface area (Å²) < 4.78 is 15.8. The van der Waals surface area contributed by atoms with Crippen LogP contribution in [0.25, 0.3) is 11.5 Å². The lowest BCUT2D eigenvalue weighted by Crippen LogP contribution is -2.27. The van der Waals surface area contributed by atoms with Crippen LogP contribution in [0.3, 0.4) is 0 Å². The summed E-state index contributed by atoms with van der Waals surface area (Å²) in [6.45, 7) is 4.61. The van der Waals surface area contributed by atoms with Gasteiger partial charge in [0.15, 0.2) is 0 Å². The van der Waals surface area contributed by atoms with E-state index in [1.54, 1.807) is 0 Å². The van der Waals surface area contributed by atoms with Crippen LogP contribution in [-0.4, -0.2) is 28.2 Å². The molecule has 0 spiro atoms. The van der Waals surface area contributed by atoms with Gasteiger partial charge in [0.2, 0.25) is 5.82 Å². The maximum atomic E-state index is 5.98. The van der Waals surface area contributed by atoms with Crippen LogP contribution in [0.15, 0.2) is 4.52 Å². The van der Waals surface area contributed by atoms with Crippen LogP contribution in [0, 0.1) is 6.92 Å². The van der Waals surface area contributed by atoms with Crippen LogP contribution < -0.4 is 5.32 Å². The number of nitrogens with zero attached hydrogens (tertiary/aromatic N) is 3. The van der Waals surface area contributed by atoms with E-state index in [-0.39, 0.29) is 5.60 Å². The number of hydrogen-bond acceptors (Lipinski definition) is 7. The number of nitrogens with one attached hydrogen (secondary N) is 1. The fraction of sp³-hybridized carbons (Fsp3) is 0.643. The third kappa shape index (κ3) is 2.44. The molecule has 1 N–H and O–H groups in total. The van der Waals surface area contributed by atoms with Crippen molar-refractivity contribution in [2.45, 2.75) is 45.1 Å². The van der Waals surface area contributed by atoms with Crippen molar-refractivity contribution in [2.75, 3.05) is 19.0 Å². The van der Waals surface area contributed by atoms with E-state index in [4.69, 9.17) is 9.26 Å². The highest BCUT2D eigenvalue weighted by Crippen LogP contribution is 2.42. The second-order valence-electron chi connectivity index (χ2n) is 5.28. The van der Waals surface area contributed by atoms with Gasteiger partial charge < -0.3 is 14.6 Å². The Kier molecular flexibility index (Phi) is 3.95. The number of rotatable bonds is 5. The summed E-state index contributed by atoms with van der Waals surface area (Å²) in [4.78, 5) is 4.62. The highest BCUT2D eigenvalue weighted by molar-refractivity contribution is 7.10. The lowest BCUT2D eigenvalue weighted by Gasteiger charge is -2.24. The second-order valence-corrected chi connectivity index (χ2v) is 6.05. The average Bonchev–Trinajstić information content (AvgIpc) is 3.18. The smallest absolute Gasteiger partial charge is 0.262 e. The van der Waals surface area contributed by atoms with Crippen LogP contribution >= 0.6 is 11.5 Å². The van der Waals surface area contributed by atoms with Gasteiger partial charge in [-0.3, -0.25) is 0 Å². The van der Waals surface area contributed by atoms with E-state index in [1.165, 1.54) is 11.5 Å². The van der Waals surface area contributed by atoms with Crippen LogP contribution in [0.2, 0.25) is 0 Å². The van der Waals surface area contributed by atoms with Crippen molar-refractivity contribution in [3.8, 4) is 11.5 Å². The fourth-order valence-corrected chi connectivity index (χ4v) is 3.69. The van der Waals surface area contributed by atoms with Gasteiger partial charge in [0.05, 0.1) is 11.3 Å². The number of anilines is 1. The highest BCUT2D eigenvalue weighted by Gasteiger charge is 2.41. The Morgan fingerprint density at radius 2 is 2.14 bits per heavy atom. The van der Waals surface area contributed by atoms with E-state index >= 15 is 0 Å². The molecule has 1 saturated carbocycles. The van der Waals surface area contributed by atoms with E-state index in [9.17, 15) is 0 Å². The van der Waals surface area contributed by atoms with Crippen molar-refractivity contribution in [3.05, 3.63) is 11.5 Å². The number of aromatic nitrogens is 3. The first-order chi connectivity index (χ1) is 10.2. The van der Waals surface area contributed by atoms with E-state index < -0.39 is 0 Å². The summed E-state index contributed by atoms with van der Waals surface area (Å²) in [7, 11) is 1.87. The monoisotopic (exact) mass is 308 g/mol. The minimum Gasteiger partial charge on any atom is -0.378 e. The van der Waals surface area contributed by atoms with Crippen molar-refractivity contribution in [3.63, 3.8) is 0 Å². The largest absolute Gasteiger partial charge is 0.378 e.